The molecule has 74 valence electrons. The average molecular weight is 191 g/mol. The van der Waals surface area contributed by atoms with Gasteiger partial charge in [-0.05, 0) is 12.1 Å². The van der Waals surface area contributed by atoms with E-state index in [1.807, 2.05) is 29.9 Å². The van der Waals surface area contributed by atoms with E-state index in [9.17, 15) is 0 Å². The molecule has 0 fully saturated rings. The van der Waals surface area contributed by atoms with Crippen molar-refractivity contribution in [2.75, 3.05) is 13.2 Å². The van der Waals surface area contributed by atoms with Gasteiger partial charge in [-0.2, -0.15) is 0 Å². The molecule has 0 bridgehead atoms. The van der Waals surface area contributed by atoms with Crippen LogP contribution in [0, 0.1) is 0 Å². The van der Waals surface area contributed by atoms with Gasteiger partial charge in [0, 0.05) is 26.0 Å². The SMILES string of the molecule is Cn1cc(OCCN)c2cccnc21. The first kappa shape index (κ1) is 9.02. The van der Waals surface area contributed by atoms with Crippen molar-refractivity contribution in [3.63, 3.8) is 0 Å². The lowest BCUT2D eigenvalue weighted by molar-refractivity contribution is 0.331. The number of nitrogens with two attached hydrogens (primary N) is 1. The zero-order valence-corrected chi connectivity index (χ0v) is 8.10. The summed E-state index contributed by atoms with van der Waals surface area (Å²) < 4.78 is 7.45. The lowest BCUT2D eigenvalue weighted by atomic mass is 10.3. The number of hydrogen-bond acceptors (Lipinski definition) is 3. The van der Waals surface area contributed by atoms with Crippen molar-refractivity contribution in [1.82, 2.24) is 9.55 Å². The van der Waals surface area contributed by atoms with Crippen LogP contribution in [-0.2, 0) is 7.05 Å². The number of fused-ring (bicyclic) bond motifs is 1. The van der Waals surface area contributed by atoms with E-state index in [0.717, 1.165) is 16.8 Å². The summed E-state index contributed by atoms with van der Waals surface area (Å²) in [6, 6.07) is 3.89. The normalized spacial score (nSPS) is 10.7. The molecule has 2 aromatic heterocycles. The van der Waals surface area contributed by atoms with E-state index < -0.39 is 0 Å². The van der Waals surface area contributed by atoms with Crippen LogP contribution in [0.25, 0.3) is 11.0 Å². The fourth-order valence-corrected chi connectivity index (χ4v) is 1.46. The second-order valence-corrected chi connectivity index (χ2v) is 3.12. The minimum atomic E-state index is 0.524. The van der Waals surface area contributed by atoms with Crippen molar-refractivity contribution < 1.29 is 4.74 Å². The molecule has 0 spiro atoms. The Labute approximate surface area is 82.3 Å². The van der Waals surface area contributed by atoms with Gasteiger partial charge in [-0.3, -0.25) is 0 Å². The van der Waals surface area contributed by atoms with Gasteiger partial charge in [0.05, 0.1) is 5.39 Å². The number of ether oxygens (including phenoxy) is 1. The smallest absolute Gasteiger partial charge is 0.146 e. The molecule has 0 atom stereocenters. The first-order valence-corrected chi connectivity index (χ1v) is 4.56. The maximum Gasteiger partial charge on any atom is 0.146 e. The van der Waals surface area contributed by atoms with Crippen LogP contribution >= 0.6 is 0 Å². The maximum absolute atomic E-state index is 5.50. The molecule has 2 heterocycles. The molecule has 2 aromatic rings. The quantitative estimate of drug-likeness (QED) is 0.784. The van der Waals surface area contributed by atoms with E-state index in [0.29, 0.717) is 13.2 Å². The molecule has 0 aliphatic heterocycles. The lowest BCUT2D eigenvalue weighted by Crippen LogP contribution is -2.10. The minimum Gasteiger partial charge on any atom is -0.490 e. The van der Waals surface area contributed by atoms with E-state index in [2.05, 4.69) is 4.98 Å². The van der Waals surface area contributed by atoms with Crippen molar-refractivity contribution in [2.45, 2.75) is 0 Å². The Morgan fingerprint density at radius 1 is 1.57 bits per heavy atom. The van der Waals surface area contributed by atoms with Crippen molar-refractivity contribution in [1.29, 1.82) is 0 Å². The Balaban J connectivity index is 2.44. The summed E-state index contributed by atoms with van der Waals surface area (Å²) in [6.07, 6.45) is 3.70. The monoisotopic (exact) mass is 191 g/mol. The molecule has 0 saturated heterocycles. The van der Waals surface area contributed by atoms with Crippen LogP contribution in [-0.4, -0.2) is 22.7 Å². The molecular formula is C10H13N3O. The van der Waals surface area contributed by atoms with Crippen LogP contribution in [0.2, 0.25) is 0 Å². The summed E-state index contributed by atoms with van der Waals surface area (Å²) in [6.45, 7) is 1.06. The Hall–Kier alpha value is -1.55. The molecule has 0 amide bonds. The van der Waals surface area contributed by atoms with E-state index in [-0.39, 0.29) is 0 Å². The number of rotatable bonds is 3. The molecule has 4 nitrogen and oxygen atoms in total. The van der Waals surface area contributed by atoms with Crippen LogP contribution < -0.4 is 10.5 Å². The van der Waals surface area contributed by atoms with Crippen LogP contribution in [0.15, 0.2) is 24.5 Å². The Morgan fingerprint density at radius 3 is 3.21 bits per heavy atom. The zero-order valence-electron chi connectivity index (χ0n) is 8.10. The molecule has 2 N–H and O–H groups in total. The molecule has 0 unspecified atom stereocenters. The van der Waals surface area contributed by atoms with Crippen molar-refractivity contribution in [2.24, 2.45) is 12.8 Å². The van der Waals surface area contributed by atoms with Crippen LogP contribution in [0.4, 0.5) is 0 Å². The summed E-state index contributed by atoms with van der Waals surface area (Å²) in [7, 11) is 1.95. The molecule has 4 heteroatoms. The van der Waals surface area contributed by atoms with Gasteiger partial charge in [0.15, 0.2) is 0 Å². The van der Waals surface area contributed by atoms with Crippen LogP contribution in [0.1, 0.15) is 0 Å². The van der Waals surface area contributed by atoms with Crippen molar-refractivity contribution >= 4 is 11.0 Å². The standard InChI is InChI=1S/C10H13N3O/c1-13-7-9(14-6-4-11)8-3-2-5-12-10(8)13/h2-3,5,7H,4,6,11H2,1H3. The van der Waals surface area contributed by atoms with E-state index >= 15 is 0 Å². The first-order chi connectivity index (χ1) is 6.83. The van der Waals surface area contributed by atoms with Crippen molar-refractivity contribution in [3.8, 4) is 5.75 Å². The van der Waals surface area contributed by atoms with Gasteiger partial charge in [-0.25, -0.2) is 4.98 Å². The highest BCUT2D eigenvalue weighted by Gasteiger charge is 2.06. The molecule has 0 aromatic carbocycles. The van der Waals surface area contributed by atoms with E-state index in [1.54, 1.807) is 6.20 Å². The third-order valence-electron chi connectivity index (χ3n) is 2.07. The Morgan fingerprint density at radius 2 is 2.43 bits per heavy atom. The zero-order chi connectivity index (χ0) is 9.97. The average Bonchev–Trinajstić information content (AvgIpc) is 2.54. The van der Waals surface area contributed by atoms with Gasteiger partial charge < -0.3 is 15.0 Å². The van der Waals surface area contributed by atoms with E-state index in [4.69, 9.17) is 10.5 Å². The fourth-order valence-electron chi connectivity index (χ4n) is 1.46. The number of aromatic nitrogens is 2. The van der Waals surface area contributed by atoms with Gasteiger partial charge in [-0.15, -0.1) is 0 Å². The summed E-state index contributed by atoms with van der Waals surface area (Å²) in [5.74, 6) is 0.848. The number of pyridine rings is 1. The molecule has 0 radical (unpaired) electrons. The van der Waals surface area contributed by atoms with Gasteiger partial charge in [0.25, 0.3) is 0 Å². The lowest BCUT2D eigenvalue weighted by Gasteiger charge is -2.00. The topological polar surface area (TPSA) is 53.1 Å². The first-order valence-electron chi connectivity index (χ1n) is 4.56. The Bertz CT molecular complexity index is 436. The van der Waals surface area contributed by atoms with Gasteiger partial charge in [0.1, 0.15) is 18.0 Å². The predicted molar refractivity (Wildman–Crippen MR) is 55.3 cm³/mol. The minimum absolute atomic E-state index is 0.524. The predicted octanol–water partition coefficient (Wildman–Crippen LogP) is 0.911. The van der Waals surface area contributed by atoms with Gasteiger partial charge in [0.2, 0.25) is 0 Å². The molecule has 0 aliphatic rings. The number of nitrogens with zero attached hydrogens (tertiary/aromatic N) is 2. The summed E-state index contributed by atoms with van der Waals surface area (Å²) >= 11 is 0. The molecule has 14 heavy (non-hydrogen) atoms. The van der Waals surface area contributed by atoms with Crippen LogP contribution in [0.3, 0.4) is 0 Å². The van der Waals surface area contributed by atoms with E-state index in [1.165, 1.54) is 0 Å². The third-order valence-corrected chi connectivity index (χ3v) is 2.07. The highest BCUT2D eigenvalue weighted by Crippen LogP contribution is 2.25. The second kappa shape index (κ2) is 3.67. The van der Waals surface area contributed by atoms with Crippen molar-refractivity contribution in [3.05, 3.63) is 24.5 Å². The van der Waals surface area contributed by atoms with Crippen LogP contribution in [0.5, 0.6) is 5.75 Å². The highest BCUT2D eigenvalue weighted by atomic mass is 16.5. The van der Waals surface area contributed by atoms with Gasteiger partial charge >= 0.3 is 0 Å². The third kappa shape index (κ3) is 1.44. The molecule has 0 aliphatic carbocycles. The number of hydrogen-bond donors (Lipinski definition) is 1. The number of aryl methyl sites for hydroxylation is 1. The second-order valence-electron chi connectivity index (χ2n) is 3.12. The maximum atomic E-state index is 5.50. The molecule has 2 rings (SSSR count). The summed E-state index contributed by atoms with van der Waals surface area (Å²) in [5, 5.41) is 1.03. The molecule has 0 saturated carbocycles. The summed E-state index contributed by atoms with van der Waals surface area (Å²) in [4.78, 5) is 4.26. The molecular weight excluding hydrogens is 178 g/mol. The highest BCUT2D eigenvalue weighted by molar-refractivity contribution is 5.83. The Kier molecular flexibility index (Phi) is 2.37. The van der Waals surface area contributed by atoms with Gasteiger partial charge in [-0.1, -0.05) is 0 Å². The largest absolute Gasteiger partial charge is 0.490 e. The fraction of sp³-hybridized carbons (Fsp3) is 0.300. The summed E-state index contributed by atoms with van der Waals surface area (Å²) in [5.41, 5.74) is 6.31.